The van der Waals surface area contributed by atoms with Crippen LogP contribution in [0.15, 0.2) is 35.4 Å². The van der Waals surface area contributed by atoms with Gasteiger partial charge >= 0.3 is 0 Å². The molecular formula is C25H28N4O3S. The fourth-order valence-electron chi connectivity index (χ4n) is 4.27. The minimum Gasteiger partial charge on any atom is -0.496 e. The van der Waals surface area contributed by atoms with Gasteiger partial charge in [-0.2, -0.15) is 5.10 Å². The van der Waals surface area contributed by atoms with Crippen molar-refractivity contribution in [2.24, 2.45) is 11.0 Å². The second-order valence-corrected chi connectivity index (χ2v) is 9.34. The molecule has 0 radical (unpaired) electrons. The van der Waals surface area contributed by atoms with E-state index in [1.165, 1.54) is 37.7 Å². The van der Waals surface area contributed by atoms with Crippen LogP contribution in [0.4, 0.5) is 5.69 Å². The standard InChI is InChI=1S/C25H28N4O3S/c1-15-13-16(2)27-25-20(15)21(28-23(30)18-11-7-8-12-19(18)32-3)22(33-25)24(31)29-26-14-17-9-5-4-6-10-17/h7-8,11-14,17H,4-6,9-10H2,1-3H3,(H,28,30)(H,29,31). The van der Waals surface area contributed by atoms with Crippen molar-refractivity contribution in [2.75, 3.05) is 12.4 Å². The molecule has 1 fully saturated rings. The molecule has 1 aromatic carbocycles. The third-order valence-corrected chi connectivity index (χ3v) is 6.97. The Hall–Kier alpha value is -3.26. The summed E-state index contributed by atoms with van der Waals surface area (Å²) >= 11 is 1.25. The molecule has 172 valence electrons. The molecule has 2 amide bonds. The second kappa shape index (κ2) is 10.1. The molecule has 8 heteroatoms. The number of hydrogen-bond acceptors (Lipinski definition) is 6. The number of nitrogens with zero attached hydrogens (tertiary/aromatic N) is 2. The molecule has 2 heterocycles. The summed E-state index contributed by atoms with van der Waals surface area (Å²) in [6.45, 7) is 3.86. The fourth-order valence-corrected chi connectivity index (χ4v) is 5.41. The first-order valence-electron chi connectivity index (χ1n) is 11.2. The average molecular weight is 465 g/mol. The van der Waals surface area contributed by atoms with E-state index in [2.05, 4.69) is 20.8 Å². The van der Waals surface area contributed by atoms with E-state index in [0.717, 1.165) is 29.5 Å². The number of methoxy groups -OCH3 is 1. The van der Waals surface area contributed by atoms with Crippen molar-refractivity contribution >= 4 is 45.3 Å². The van der Waals surface area contributed by atoms with Gasteiger partial charge in [0, 0.05) is 17.3 Å². The smallest absolute Gasteiger partial charge is 0.283 e. The molecule has 0 unspecified atom stereocenters. The van der Waals surface area contributed by atoms with E-state index in [-0.39, 0.29) is 11.8 Å². The van der Waals surface area contributed by atoms with Crippen LogP contribution in [0.25, 0.3) is 10.2 Å². The maximum absolute atomic E-state index is 13.1. The number of carbonyl (C=O) groups is 2. The summed E-state index contributed by atoms with van der Waals surface area (Å²) in [5, 5.41) is 7.92. The zero-order valence-corrected chi connectivity index (χ0v) is 19.9. The lowest BCUT2D eigenvalue weighted by atomic mass is 9.90. The number of hydrogen-bond donors (Lipinski definition) is 2. The highest BCUT2D eigenvalue weighted by Gasteiger charge is 2.24. The molecule has 0 bridgehead atoms. The van der Waals surface area contributed by atoms with Crippen molar-refractivity contribution in [1.82, 2.24) is 10.4 Å². The monoisotopic (exact) mass is 464 g/mol. The summed E-state index contributed by atoms with van der Waals surface area (Å²) in [6.07, 6.45) is 7.70. The number of aromatic nitrogens is 1. The number of fused-ring (bicyclic) bond motifs is 1. The van der Waals surface area contributed by atoms with Gasteiger partial charge in [0.1, 0.15) is 15.5 Å². The zero-order valence-electron chi connectivity index (χ0n) is 19.1. The van der Waals surface area contributed by atoms with Crippen LogP contribution in [0.5, 0.6) is 5.75 Å². The molecule has 0 atom stereocenters. The van der Waals surface area contributed by atoms with Crippen LogP contribution in [-0.2, 0) is 0 Å². The molecule has 0 spiro atoms. The largest absolute Gasteiger partial charge is 0.496 e. The second-order valence-electron chi connectivity index (χ2n) is 8.34. The predicted octanol–water partition coefficient (Wildman–Crippen LogP) is 5.47. The number of anilines is 1. The number of hydrazone groups is 1. The van der Waals surface area contributed by atoms with Gasteiger partial charge in [-0.05, 0) is 56.4 Å². The van der Waals surface area contributed by atoms with E-state index >= 15 is 0 Å². The quantitative estimate of drug-likeness (QED) is 0.374. The van der Waals surface area contributed by atoms with Gasteiger partial charge in [0.05, 0.1) is 18.4 Å². The Kier molecular flexibility index (Phi) is 7.03. The lowest BCUT2D eigenvalue weighted by Gasteiger charge is -2.16. The number of rotatable bonds is 6. The van der Waals surface area contributed by atoms with Gasteiger partial charge in [-0.15, -0.1) is 11.3 Å². The molecule has 1 aliphatic rings. The summed E-state index contributed by atoms with van der Waals surface area (Å²) in [6, 6.07) is 8.93. The molecule has 3 aromatic rings. The zero-order chi connectivity index (χ0) is 23.4. The number of aryl methyl sites for hydroxylation is 2. The lowest BCUT2D eigenvalue weighted by Crippen LogP contribution is -2.21. The number of nitrogens with one attached hydrogen (secondary N) is 2. The molecule has 1 saturated carbocycles. The summed E-state index contributed by atoms with van der Waals surface area (Å²) in [7, 11) is 1.52. The SMILES string of the molecule is COc1ccccc1C(=O)Nc1c(C(=O)NN=CC2CCCCC2)sc2nc(C)cc(C)c12. The number of benzene rings is 1. The molecule has 0 saturated heterocycles. The number of carbonyl (C=O) groups excluding carboxylic acids is 2. The van der Waals surface area contributed by atoms with E-state index in [4.69, 9.17) is 4.74 Å². The first kappa shape index (κ1) is 22.9. The molecule has 0 aliphatic heterocycles. The van der Waals surface area contributed by atoms with Gasteiger partial charge in [-0.3, -0.25) is 9.59 Å². The van der Waals surface area contributed by atoms with E-state index < -0.39 is 0 Å². The van der Waals surface area contributed by atoms with Gasteiger partial charge in [-0.1, -0.05) is 31.4 Å². The van der Waals surface area contributed by atoms with Gasteiger partial charge in [0.2, 0.25) is 0 Å². The van der Waals surface area contributed by atoms with E-state index in [1.807, 2.05) is 26.1 Å². The van der Waals surface area contributed by atoms with E-state index in [1.54, 1.807) is 24.3 Å². The maximum atomic E-state index is 13.1. The van der Waals surface area contributed by atoms with Crippen LogP contribution in [0, 0.1) is 19.8 Å². The maximum Gasteiger partial charge on any atom is 0.283 e. The van der Waals surface area contributed by atoms with Crippen LogP contribution in [0.3, 0.4) is 0 Å². The Morgan fingerprint density at radius 3 is 2.67 bits per heavy atom. The summed E-state index contributed by atoms with van der Waals surface area (Å²) in [5.74, 6) is 0.144. The van der Waals surface area contributed by atoms with Gasteiger partial charge in [-0.25, -0.2) is 10.4 Å². The van der Waals surface area contributed by atoms with Crippen LogP contribution in [0.1, 0.15) is 63.4 Å². The van der Waals surface area contributed by atoms with Crippen LogP contribution in [0.2, 0.25) is 0 Å². The summed E-state index contributed by atoms with van der Waals surface area (Å²) in [5.41, 5.74) is 5.28. The third-order valence-electron chi connectivity index (χ3n) is 5.88. The first-order valence-corrected chi connectivity index (χ1v) is 12.0. The van der Waals surface area contributed by atoms with Crippen molar-refractivity contribution in [1.29, 1.82) is 0 Å². The van der Waals surface area contributed by atoms with Crippen LogP contribution in [-0.4, -0.2) is 30.1 Å². The van der Waals surface area contributed by atoms with Crippen molar-refractivity contribution in [2.45, 2.75) is 46.0 Å². The van der Waals surface area contributed by atoms with Crippen molar-refractivity contribution < 1.29 is 14.3 Å². The lowest BCUT2D eigenvalue weighted by molar-refractivity contribution is 0.0959. The highest BCUT2D eigenvalue weighted by atomic mass is 32.1. The van der Waals surface area contributed by atoms with Gasteiger partial charge in [0.15, 0.2) is 0 Å². The summed E-state index contributed by atoms with van der Waals surface area (Å²) < 4.78 is 5.33. The highest BCUT2D eigenvalue weighted by molar-refractivity contribution is 7.21. The molecular weight excluding hydrogens is 436 g/mol. The minimum atomic E-state index is -0.363. The molecule has 4 rings (SSSR count). The Morgan fingerprint density at radius 1 is 1.15 bits per heavy atom. The van der Waals surface area contributed by atoms with Crippen molar-refractivity contribution in [3.8, 4) is 5.75 Å². The Balaban J connectivity index is 1.66. The number of ether oxygens (including phenoxy) is 1. The average Bonchev–Trinajstić information content (AvgIpc) is 3.17. The number of para-hydroxylation sites is 1. The Labute approximate surface area is 197 Å². The van der Waals surface area contributed by atoms with Crippen molar-refractivity contribution in [3.05, 3.63) is 52.0 Å². The first-order chi connectivity index (χ1) is 16.0. The topological polar surface area (TPSA) is 92.7 Å². The Bertz CT molecular complexity index is 1210. The molecule has 7 nitrogen and oxygen atoms in total. The van der Waals surface area contributed by atoms with Crippen molar-refractivity contribution in [3.63, 3.8) is 0 Å². The van der Waals surface area contributed by atoms with Gasteiger partial charge < -0.3 is 10.1 Å². The summed E-state index contributed by atoms with van der Waals surface area (Å²) in [4.78, 5) is 31.9. The van der Waals surface area contributed by atoms with E-state index in [9.17, 15) is 9.59 Å². The third kappa shape index (κ3) is 5.06. The normalized spacial score (nSPS) is 14.5. The van der Waals surface area contributed by atoms with E-state index in [0.29, 0.717) is 32.6 Å². The minimum absolute atomic E-state index is 0.355. The van der Waals surface area contributed by atoms with Gasteiger partial charge in [0.25, 0.3) is 11.8 Å². The number of thiophene rings is 1. The fraction of sp³-hybridized carbons (Fsp3) is 0.360. The Morgan fingerprint density at radius 2 is 1.91 bits per heavy atom. The predicted molar refractivity (Wildman–Crippen MR) is 133 cm³/mol. The number of amides is 2. The molecule has 33 heavy (non-hydrogen) atoms. The molecule has 2 N–H and O–H groups in total. The number of pyridine rings is 1. The molecule has 1 aliphatic carbocycles. The molecule has 2 aromatic heterocycles. The highest BCUT2D eigenvalue weighted by Crippen LogP contribution is 2.38. The van der Waals surface area contributed by atoms with Crippen LogP contribution >= 0.6 is 11.3 Å². The van der Waals surface area contributed by atoms with Crippen LogP contribution < -0.4 is 15.5 Å².